The molecule has 0 aromatic heterocycles. The van der Waals surface area contributed by atoms with E-state index in [4.69, 9.17) is 4.74 Å². The molecule has 2 aromatic rings. The maximum Gasteiger partial charge on any atom is 0.416 e. The van der Waals surface area contributed by atoms with E-state index in [1.807, 2.05) is 14.1 Å². The number of hydrogen-bond donors (Lipinski definition) is 2. The number of benzene rings is 2. The van der Waals surface area contributed by atoms with Crippen molar-refractivity contribution in [3.8, 4) is 0 Å². The van der Waals surface area contributed by atoms with Gasteiger partial charge in [0, 0.05) is 36.8 Å². The second-order valence-electron chi connectivity index (χ2n) is 8.90. The Kier molecular flexibility index (Phi) is 6.74. The molecule has 0 amide bonds. The lowest BCUT2D eigenvalue weighted by molar-refractivity contribution is -0.138. The Morgan fingerprint density at radius 3 is 2.53 bits per heavy atom. The van der Waals surface area contributed by atoms with Crippen molar-refractivity contribution < 1.29 is 22.3 Å². The van der Waals surface area contributed by atoms with Gasteiger partial charge >= 0.3 is 6.18 Å². The van der Waals surface area contributed by atoms with E-state index in [0.717, 1.165) is 37.6 Å². The second-order valence-corrected chi connectivity index (χ2v) is 8.90. The van der Waals surface area contributed by atoms with Gasteiger partial charge in [-0.3, -0.25) is 0 Å². The third-order valence-electron chi connectivity index (χ3n) is 6.31. The molecule has 0 bridgehead atoms. The first-order valence-electron chi connectivity index (χ1n) is 11.0. The summed E-state index contributed by atoms with van der Waals surface area (Å²) >= 11 is 0. The minimum Gasteiger partial charge on any atom is -0.378 e. The number of halogens is 4. The lowest BCUT2D eigenvalue weighted by Gasteiger charge is -2.46. The number of nitrogens with one attached hydrogen (secondary N) is 2. The number of alkyl halides is 3. The molecule has 0 aliphatic carbocycles. The maximum absolute atomic E-state index is 13.5. The van der Waals surface area contributed by atoms with Crippen LogP contribution in [0.5, 0.6) is 0 Å². The van der Waals surface area contributed by atoms with Gasteiger partial charge in [0.2, 0.25) is 0 Å². The number of nitrogens with zero attached hydrogens (tertiary/aromatic N) is 1. The van der Waals surface area contributed by atoms with Crippen molar-refractivity contribution in [1.82, 2.24) is 10.2 Å². The summed E-state index contributed by atoms with van der Waals surface area (Å²) in [6, 6.07) is 9.91. The molecule has 1 fully saturated rings. The zero-order valence-corrected chi connectivity index (χ0v) is 18.3. The summed E-state index contributed by atoms with van der Waals surface area (Å²) in [5.41, 5.74) is 1.40. The molecular weight excluding hydrogens is 422 g/mol. The minimum atomic E-state index is -4.42. The van der Waals surface area contributed by atoms with Crippen molar-refractivity contribution in [3.05, 3.63) is 65.0 Å². The topological polar surface area (TPSA) is 36.5 Å². The van der Waals surface area contributed by atoms with Gasteiger partial charge in [-0.25, -0.2) is 4.39 Å². The van der Waals surface area contributed by atoms with E-state index in [0.29, 0.717) is 17.8 Å². The largest absolute Gasteiger partial charge is 0.416 e. The summed E-state index contributed by atoms with van der Waals surface area (Å²) in [5, 5.41) is 6.79. The van der Waals surface area contributed by atoms with Crippen molar-refractivity contribution in [3.63, 3.8) is 0 Å². The van der Waals surface area contributed by atoms with Gasteiger partial charge in [0.15, 0.2) is 0 Å². The Balaban J connectivity index is 1.60. The molecule has 0 spiro atoms. The van der Waals surface area contributed by atoms with Crippen LogP contribution in [0, 0.1) is 11.7 Å². The Hall–Kier alpha value is -2.16. The first kappa shape index (κ1) is 23.0. The van der Waals surface area contributed by atoms with E-state index in [1.54, 1.807) is 12.1 Å². The smallest absolute Gasteiger partial charge is 0.378 e. The van der Waals surface area contributed by atoms with Crippen molar-refractivity contribution in [2.24, 2.45) is 5.92 Å². The number of anilines is 1. The molecular formula is C24H29F4N3O. The Morgan fingerprint density at radius 1 is 1.09 bits per heavy atom. The highest BCUT2D eigenvalue weighted by Gasteiger charge is 2.43. The van der Waals surface area contributed by atoms with Crippen LogP contribution in [0.3, 0.4) is 0 Å². The average molecular weight is 452 g/mol. The molecule has 8 heteroatoms. The quantitative estimate of drug-likeness (QED) is 0.479. The molecule has 2 heterocycles. The van der Waals surface area contributed by atoms with Gasteiger partial charge < -0.3 is 20.3 Å². The van der Waals surface area contributed by atoms with Gasteiger partial charge in [-0.05, 0) is 62.8 Å². The summed E-state index contributed by atoms with van der Waals surface area (Å²) in [4.78, 5) is 2.08. The normalized spacial score (nSPS) is 25.2. The van der Waals surface area contributed by atoms with Gasteiger partial charge in [-0.2, -0.15) is 13.2 Å². The molecule has 2 aliphatic rings. The Bertz CT molecular complexity index is 916. The van der Waals surface area contributed by atoms with Crippen LogP contribution >= 0.6 is 0 Å². The molecule has 2 N–H and O–H groups in total. The predicted octanol–water partition coefficient (Wildman–Crippen LogP) is 5.00. The Morgan fingerprint density at radius 2 is 1.84 bits per heavy atom. The molecule has 2 aromatic carbocycles. The van der Waals surface area contributed by atoms with Crippen LogP contribution in [0.2, 0.25) is 0 Å². The fourth-order valence-corrected chi connectivity index (χ4v) is 4.65. The fourth-order valence-electron chi connectivity index (χ4n) is 4.65. The van der Waals surface area contributed by atoms with Gasteiger partial charge in [0.05, 0.1) is 23.8 Å². The highest BCUT2D eigenvalue weighted by molar-refractivity contribution is 5.58. The van der Waals surface area contributed by atoms with Gasteiger partial charge in [-0.1, -0.05) is 12.1 Å². The molecule has 32 heavy (non-hydrogen) atoms. The van der Waals surface area contributed by atoms with Crippen molar-refractivity contribution in [2.45, 2.75) is 37.3 Å². The molecule has 1 saturated heterocycles. The van der Waals surface area contributed by atoms with Gasteiger partial charge in [-0.15, -0.1) is 0 Å². The van der Waals surface area contributed by atoms with Gasteiger partial charge in [0.1, 0.15) is 5.82 Å². The predicted molar refractivity (Wildman–Crippen MR) is 116 cm³/mol. The lowest BCUT2D eigenvalue weighted by Crippen LogP contribution is -2.42. The first-order valence-corrected chi connectivity index (χ1v) is 11.0. The molecule has 0 radical (unpaired) electrons. The fraction of sp³-hybridized carbons (Fsp3) is 0.500. The second kappa shape index (κ2) is 9.37. The summed E-state index contributed by atoms with van der Waals surface area (Å²) < 4.78 is 60.1. The molecule has 4 nitrogen and oxygen atoms in total. The molecule has 4 atom stereocenters. The highest BCUT2D eigenvalue weighted by atomic mass is 19.4. The van der Waals surface area contributed by atoms with Crippen LogP contribution in [0.1, 0.15) is 41.7 Å². The minimum absolute atomic E-state index is 0.0468. The lowest BCUT2D eigenvalue weighted by atomic mass is 9.76. The van der Waals surface area contributed by atoms with E-state index in [-0.39, 0.29) is 23.9 Å². The van der Waals surface area contributed by atoms with E-state index in [1.165, 1.54) is 24.3 Å². The monoisotopic (exact) mass is 451 g/mol. The standard InChI is InChI=1S/C24H29F4N3O/c1-31(2)12-11-29-14-18-8-9-19-22(15-3-6-17(25)7-4-15)30-21-10-5-16(24(26,27)28)13-20(21)23(19)32-18/h3-7,10,13,18-19,22-23,29-30H,8-9,11-12,14H2,1-2H3/t18-,19+,22+,23+/m1/s1. The van der Waals surface area contributed by atoms with Crippen molar-refractivity contribution >= 4 is 5.69 Å². The third-order valence-corrected chi connectivity index (χ3v) is 6.31. The van der Waals surface area contributed by atoms with E-state index in [9.17, 15) is 17.6 Å². The van der Waals surface area contributed by atoms with Crippen LogP contribution in [0.4, 0.5) is 23.2 Å². The molecule has 4 rings (SSSR count). The zero-order chi connectivity index (χ0) is 22.9. The Labute approximate surface area is 185 Å². The number of ether oxygens (including phenoxy) is 1. The van der Waals surface area contributed by atoms with E-state index < -0.39 is 17.8 Å². The molecule has 2 aliphatic heterocycles. The van der Waals surface area contributed by atoms with Crippen LogP contribution in [-0.4, -0.2) is 44.7 Å². The number of rotatable bonds is 6. The van der Waals surface area contributed by atoms with E-state index in [2.05, 4.69) is 15.5 Å². The molecule has 0 unspecified atom stereocenters. The number of hydrogen-bond acceptors (Lipinski definition) is 4. The summed E-state index contributed by atoms with van der Waals surface area (Å²) in [5.74, 6) is -0.366. The number of likely N-dealkylation sites (N-methyl/N-ethyl adjacent to an activating group) is 1. The molecule has 0 saturated carbocycles. The number of fused-ring (bicyclic) bond motifs is 3. The highest BCUT2D eigenvalue weighted by Crippen LogP contribution is 2.51. The summed E-state index contributed by atoms with van der Waals surface area (Å²) in [7, 11) is 4.01. The first-order chi connectivity index (χ1) is 15.2. The van der Waals surface area contributed by atoms with Crippen molar-refractivity contribution in [1.29, 1.82) is 0 Å². The van der Waals surface area contributed by atoms with E-state index >= 15 is 0 Å². The van der Waals surface area contributed by atoms with Crippen LogP contribution in [0.25, 0.3) is 0 Å². The van der Waals surface area contributed by atoms with Crippen LogP contribution in [-0.2, 0) is 10.9 Å². The summed E-state index contributed by atoms with van der Waals surface area (Å²) in [6.07, 6.45) is -3.34. The van der Waals surface area contributed by atoms with Crippen LogP contribution in [0.15, 0.2) is 42.5 Å². The average Bonchev–Trinajstić information content (AvgIpc) is 2.75. The van der Waals surface area contributed by atoms with Crippen molar-refractivity contribution in [2.75, 3.05) is 39.0 Å². The van der Waals surface area contributed by atoms with Crippen LogP contribution < -0.4 is 10.6 Å². The SMILES string of the molecule is CN(C)CCNC[C@H]1CC[C@@H]2[C@H](O1)c1cc(C(F)(F)F)ccc1N[C@H]2c1ccc(F)cc1. The summed E-state index contributed by atoms with van der Waals surface area (Å²) in [6.45, 7) is 2.36. The van der Waals surface area contributed by atoms with Gasteiger partial charge in [0.25, 0.3) is 0 Å². The zero-order valence-electron chi connectivity index (χ0n) is 18.3. The maximum atomic E-state index is 13.5. The molecule has 174 valence electrons. The third kappa shape index (κ3) is 5.08.